The maximum absolute atomic E-state index is 13.0. The molecule has 0 aliphatic carbocycles. The van der Waals surface area contributed by atoms with E-state index in [-0.39, 0.29) is 17.1 Å². The third kappa shape index (κ3) is 4.32. The second-order valence-electron chi connectivity index (χ2n) is 6.40. The summed E-state index contributed by atoms with van der Waals surface area (Å²) in [5, 5.41) is 19.3. The summed E-state index contributed by atoms with van der Waals surface area (Å²) in [5.74, 6) is 0.475. The van der Waals surface area contributed by atoms with Crippen LogP contribution in [0.2, 0.25) is 0 Å². The zero-order valence-corrected chi connectivity index (χ0v) is 17.9. The highest BCUT2D eigenvalue weighted by Gasteiger charge is 2.31. The van der Waals surface area contributed by atoms with Gasteiger partial charge in [0.25, 0.3) is 5.56 Å². The summed E-state index contributed by atoms with van der Waals surface area (Å²) >= 11 is 2.34. The van der Waals surface area contributed by atoms with Crippen LogP contribution in [0.3, 0.4) is 0 Å². The van der Waals surface area contributed by atoms with Gasteiger partial charge in [-0.3, -0.25) is 14.8 Å². The molecule has 13 heteroatoms. The van der Waals surface area contributed by atoms with E-state index in [9.17, 15) is 23.2 Å². The van der Waals surface area contributed by atoms with E-state index in [0.717, 1.165) is 28.6 Å². The Balaban J connectivity index is 1.58. The zero-order chi connectivity index (χ0) is 22.9. The van der Waals surface area contributed by atoms with Crippen molar-refractivity contribution < 1.29 is 13.2 Å². The summed E-state index contributed by atoms with van der Waals surface area (Å²) in [6, 6.07) is 4.87. The highest BCUT2D eigenvalue weighted by Crippen LogP contribution is 2.37. The van der Waals surface area contributed by atoms with Gasteiger partial charge in [0, 0.05) is 25.2 Å². The first-order valence-electron chi connectivity index (χ1n) is 8.90. The number of hydrogen-bond acceptors (Lipinski definition) is 9. The van der Waals surface area contributed by atoms with Gasteiger partial charge in [0.05, 0.1) is 35.3 Å². The Hall–Kier alpha value is -3.37. The van der Waals surface area contributed by atoms with E-state index < -0.39 is 17.3 Å². The largest absolute Gasteiger partial charge is 0.416 e. The molecule has 0 N–H and O–H groups in total. The number of nitrogens with zero attached hydrogens (tertiary/aromatic N) is 7. The molecule has 162 valence electrons. The Kier molecular flexibility index (Phi) is 5.90. The monoisotopic (exact) mass is 475 g/mol. The topological polar surface area (TPSA) is 100 Å². The quantitative estimate of drug-likeness (QED) is 0.566. The Morgan fingerprint density at radius 2 is 2.06 bits per heavy atom. The van der Waals surface area contributed by atoms with Crippen molar-refractivity contribution in [3.8, 4) is 11.9 Å². The van der Waals surface area contributed by atoms with Crippen molar-refractivity contribution in [1.29, 1.82) is 5.26 Å². The number of hydrogen-bond donors (Lipinski definition) is 0. The van der Waals surface area contributed by atoms with E-state index in [0.29, 0.717) is 20.5 Å². The Bertz CT molecular complexity index is 1300. The maximum atomic E-state index is 13.0. The number of fused-ring (bicyclic) bond motifs is 1. The lowest BCUT2D eigenvalue weighted by atomic mass is 10.1. The molecule has 1 aliphatic rings. The number of nitriles is 1. The van der Waals surface area contributed by atoms with Gasteiger partial charge in [-0.05, 0) is 17.7 Å². The lowest BCUT2D eigenvalue weighted by Crippen LogP contribution is -2.28. The van der Waals surface area contributed by atoms with Crippen LogP contribution >= 0.6 is 23.5 Å². The van der Waals surface area contributed by atoms with Gasteiger partial charge >= 0.3 is 6.18 Å². The molecule has 3 heterocycles. The van der Waals surface area contributed by atoms with Crippen molar-refractivity contribution in [2.75, 3.05) is 12.1 Å². The second-order valence-corrected chi connectivity index (χ2v) is 8.62. The van der Waals surface area contributed by atoms with Gasteiger partial charge in [-0.25, -0.2) is 4.98 Å². The predicted molar refractivity (Wildman–Crippen MR) is 115 cm³/mol. The summed E-state index contributed by atoms with van der Waals surface area (Å²) in [7, 11) is 1.66. The molecular formula is C19H12F3N7OS2. The van der Waals surface area contributed by atoms with Crippen LogP contribution in [0.25, 0.3) is 5.82 Å². The SMILES string of the molecule is CN1N=C(SCc2ccc(C(F)(F)F)cc2C#N)Sc2c1cnn(-c1cnccn1)c2=O. The lowest BCUT2D eigenvalue weighted by molar-refractivity contribution is -0.137. The molecule has 2 aromatic heterocycles. The van der Waals surface area contributed by atoms with Crippen LogP contribution in [0, 0.1) is 11.3 Å². The van der Waals surface area contributed by atoms with E-state index in [1.54, 1.807) is 7.05 Å². The van der Waals surface area contributed by atoms with Crippen LogP contribution in [-0.2, 0) is 11.9 Å². The predicted octanol–water partition coefficient (Wildman–Crippen LogP) is 3.66. The first-order valence-corrected chi connectivity index (χ1v) is 10.7. The first kappa shape index (κ1) is 21.8. The fourth-order valence-corrected chi connectivity index (χ4v) is 4.96. The number of anilines is 1. The molecule has 0 saturated heterocycles. The fraction of sp³-hybridized carbons (Fsp3) is 0.158. The number of halogens is 3. The number of hydrazone groups is 1. The van der Waals surface area contributed by atoms with E-state index in [2.05, 4.69) is 20.2 Å². The Labute approximate surface area is 187 Å². The molecule has 0 radical (unpaired) electrons. The minimum atomic E-state index is -4.52. The van der Waals surface area contributed by atoms with Crippen LogP contribution in [0.5, 0.6) is 0 Å². The van der Waals surface area contributed by atoms with Gasteiger partial charge in [0.1, 0.15) is 4.90 Å². The summed E-state index contributed by atoms with van der Waals surface area (Å²) in [6.45, 7) is 0. The van der Waals surface area contributed by atoms with Crippen LogP contribution in [0.4, 0.5) is 18.9 Å². The lowest BCUT2D eigenvalue weighted by Gasteiger charge is -2.23. The molecule has 32 heavy (non-hydrogen) atoms. The number of aromatic nitrogens is 4. The summed E-state index contributed by atoms with van der Waals surface area (Å²) in [4.78, 5) is 21.4. The van der Waals surface area contributed by atoms with Gasteiger partial charge in [-0.15, -0.1) is 0 Å². The molecule has 1 aliphatic heterocycles. The average molecular weight is 475 g/mol. The molecule has 0 spiro atoms. The summed E-state index contributed by atoms with van der Waals surface area (Å²) in [6.07, 6.45) is 1.31. The number of benzene rings is 1. The van der Waals surface area contributed by atoms with Gasteiger partial charge in [-0.1, -0.05) is 29.6 Å². The van der Waals surface area contributed by atoms with E-state index in [1.165, 1.54) is 47.6 Å². The summed E-state index contributed by atoms with van der Waals surface area (Å²) in [5.41, 5.74) is -0.389. The van der Waals surface area contributed by atoms with Crippen molar-refractivity contribution in [3.05, 3.63) is 70.0 Å². The third-order valence-electron chi connectivity index (χ3n) is 4.36. The van der Waals surface area contributed by atoms with Crippen molar-refractivity contribution in [3.63, 3.8) is 0 Å². The molecule has 4 rings (SSSR count). The van der Waals surface area contributed by atoms with Crippen LogP contribution in [0.15, 0.2) is 57.8 Å². The molecule has 0 unspecified atom stereocenters. The smallest absolute Gasteiger partial charge is 0.266 e. The van der Waals surface area contributed by atoms with E-state index in [1.807, 2.05) is 6.07 Å². The molecule has 8 nitrogen and oxygen atoms in total. The third-order valence-corrected chi connectivity index (χ3v) is 6.59. The van der Waals surface area contributed by atoms with Gasteiger partial charge in [0.15, 0.2) is 10.2 Å². The Morgan fingerprint density at radius 3 is 2.75 bits per heavy atom. The van der Waals surface area contributed by atoms with Gasteiger partial charge < -0.3 is 0 Å². The Morgan fingerprint density at radius 1 is 1.25 bits per heavy atom. The molecule has 1 aromatic carbocycles. The highest BCUT2D eigenvalue weighted by molar-refractivity contribution is 8.38. The standard InChI is InChI=1S/C19H12F3N7OS2/c1-28-14-8-26-29(15-9-24-4-5-25-15)17(30)16(14)32-18(27-28)31-10-11-2-3-13(19(20,21)22)6-12(11)7-23/h2-6,8-9H,10H2,1H3. The maximum Gasteiger partial charge on any atom is 0.416 e. The molecule has 0 atom stereocenters. The molecular weight excluding hydrogens is 463 g/mol. The minimum Gasteiger partial charge on any atom is -0.266 e. The number of rotatable bonds is 3. The number of thioether (sulfide) groups is 2. The normalized spacial score (nSPS) is 13.3. The van der Waals surface area contributed by atoms with Crippen molar-refractivity contribution >= 4 is 33.6 Å². The fourth-order valence-electron chi connectivity index (χ4n) is 2.78. The van der Waals surface area contributed by atoms with Gasteiger partial charge in [0.2, 0.25) is 0 Å². The minimum absolute atomic E-state index is 0.0586. The molecule has 0 amide bonds. The van der Waals surface area contributed by atoms with E-state index >= 15 is 0 Å². The average Bonchev–Trinajstić information content (AvgIpc) is 2.78. The zero-order valence-electron chi connectivity index (χ0n) is 16.2. The molecule has 3 aromatic rings. The highest BCUT2D eigenvalue weighted by atomic mass is 32.2. The van der Waals surface area contributed by atoms with Crippen LogP contribution < -0.4 is 10.6 Å². The molecule has 0 saturated carbocycles. The van der Waals surface area contributed by atoms with Crippen molar-refractivity contribution in [2.45, 2.75) is 16.8 Å². The van der Waals surface area contributed by atoms with Crippen LogP contribution in [0.1, 0.15) is 16.7 Å². The number of alkyl halides is 3. The van der Waals surface area contributed by atoms with Crippen molar-refractivity contribution in [2.24, 2.45) is 5.10 Å². The van der Waals surface area contributed by atoms with E-state index in [4.69, 9.17) is 0 Å². The van der Waals surface area contributed by atoms with Crippen LogP contribution in [-0.4, -0.2) is 31.2 Å². The molecule has 0 bridgehead atoms. The van der Waals surface area contributed by atoms with Crippen molar-refractivity contribution in [1.82, 2.24) is 19.7 Å². The summed E-state index contributed by atoms with van der Waals surface area (Å²) < 4.78 is 40.3. The molecule has 0 fully saturated rings. The first-order chi connectivity index (χ1) is 15.3. The van der Waals surface area contributed by atoms with Gasteiger partial charge in [-0.2, -0.15) is 33.3 Å². The second kappa shape index (κ2) is 8.64.